The first-order chi connectivity index (χ1) is 15.6. The van der Waals surface area contributed by atoms with Gasteiger partial charge in [-0.2, -0.15) is 0 Å². The average molecular weight is 440 g/mol. The Balaban J connectivity index is 1.45. The van der Waals surface area contributed by atoms with E-state index in [-0.39, 0.29) is 12.1 Å². The topological polar surface area (TPSA) is 72.9 Å². The van der Waals surface area contributed by atoms with Crippen LogP contribution in [-0.2, 0) is 16.9 Å². The fourth-order valence-electron chi connectivity index (χ4n) is 4.46. The van der Waals surface area contributed by atoms with Crippen LogP contribution in [0.3, 0.4) is 0 Å². The van der Waals surface area contributed by atoms with Gasteiger partial charge in [0.1, 0.15) is 5.60 Å². The van der Waals surface area contributed by atoms with E-state index in [9.17, 15) is 4.79 Å². The second-order valence-corrected chi connectivity index (χ2v) is 8.72. The van der Waals surface area contributed by atoms with E-state index in [1.807, 2.05) is 43.3 Å². The normalized spacial score (nSPS) is 21.8. The molecule has 32 heavy (non-hydrogen) atoms. The third-order valence-corrected chi connectivity index (χ3v) is 6.33. The van der Waals surface area contributed by atoms with Crippen molar-refractivity contribution in [3.63, 3.8) is 0 Å². The first-order valence-corrected chi connectivity index (χ1v) is 11.5. The monoisotopic (exact) mass is 439 g/mol. The van der Waals surface area contributed by atoms with Crippen molar-refractivity contribution >= 4 is 6.03 Å². The minimum absolute atomic E-state index is 0.114. The standard InChI is InChI=1S/C25H33N3O4/c1-25(18-28(14-15-31-25)24(29)27-17-20-8-6-7-13-26-20)19-11-12-22(30-2)23(16-19)32-21-9-4-3-5-10-21/h6-8,11-13,16,21H,3-5,9-10,14-15,17-18H2,1-2H3,(H,27,29). The van der Waals surface area contributed by atoms with Crippen molar-refractivity contribution in [1.82, 2.24) is 15.2 Å². The number of pyridine rings is 1. The summed E-state index contributed by atoms with van der Waals surface area (Å²) in [5.41, 5.74) is 1.18. The van der Waals surface area contributed by atoms with Crippen LogP contribution in [0.2, 0.25) is 0 Å². The first-order valence-electron chi connectivity index (χ1n) is 11.5. The van der Waals surface area contributed by atoms with Crippen molar-refractivity contribution < 1.29 is 19.0 Å². The number of aromatic nitrogens is 1. The number of carbonyl (C=O) groups excluding carboxylic acids is 1. The van der Waals surface area contributed by atoms with Gasteiger partial charge in [0.25, 0.3) is 0 Å². The van der Waals surface area contributed by atoms with Crippen molar-refractivity contribution in [1.29, 1.82) is 0 Å². The minimum Gasteiger partial charge on any atom is -0.493 e. The Hall–Kier alpha value is -2.80. The molecule has 2 amide bonds. The van der Waals surface area contributed by atoms with Gasteiger partial charge in [-0.1, -0.05) is 18.6 Å². The van der Waals surface area contributed by atoms with Crippen molar-refractivity contribution in [2.24, 2.45) is 0 Å². The lowest BCUT2D eigenvalue weighted by atomic mass is 9.93. The first kappa shape index (κ1) is 22.4. The summed E-state index contributed by atoms with van der Waals surface area (Å²) in [4.78, 5) is 18.9. The van der Waals surface area contributed by atoms with E-state index in [1.54, 1.807) is 18.2 Å². The van der Waals surface area contributed by atoms with Gasteiger partial charge in [-0.3, -0.25) is 4.98 Å². The molecule has 1 saturated heterocycles. The van der Waals surface area contributed by atoms with Crippen LogP contribution in [0.1, 0.15) is 50.3 Å². The largest absolute Gasteiger partial charge is 0.493 e. The Kier molecular flexibility index (Phi) is 7.15. The summed E-state index contributed by atoms with van der Waals surface area (Å²) < 4.78 is 18.1. The summed E-state index contributed by atoms with van der Waals surface area (Å²) in [5, 5.41) is 2.97. The van der Waals surface area contributed by atoms with Gasteiger partial charge in [0.05, 0.1) is 38.6 Å². The fraction of sp³-hybridized carbons (Fsp3) is 0.520. The summed E-state index contributed by atoms with van der Waals surface area (Å²) >= 11 is 0. The molecule has 2 aliphatic rings. The molecule has 2 aromatic rings. The third kappa shape index (κ3) is 5.33. The van der Waals surface area contributed by atoms with E-state index in [2.05, 4.69) is 10.3 Å². The molecule has 1 aromatic carbocycles. The van der Waals surface area contributed by atoms with Crippen LogP contribution in [0.4, 0.5) is 4.79 Å². The number of hydrogen-bond acceptors (Lipinski definition) is 5. The van der Waals surface area contributed by atoms with Crippen molar-refractivity contribution in [2.45, 2.75) is 57.3 Å². The molecule has 1 aliphatic heterocycles. The predicted octanol–water partition coefficient (Wildman–Crippen LogP) is 4.26. The molecule has 7 heteroatoms. The maximum absolute atomic E-state index is 12.8. The van der Waals surface area contributed by atoms with Gasteiger partial charge in [0.2, 0.25) is 0 Å². The molecule has 1 unspecified atom stereocenters. The summed E-state index contributed by atoms with van der Waals surface area (Å²) in [6, 6.07) is 11.5. The van der Waals surface area contributed by atoms with Gasteiger partial charge in [0, 0.05) is 12.7 Å². The predicted molar refractivity (Wildman–Crippen MR) is 122 cm³/mol. The average Bonchev–Trinajstić information content (AvgIpc) is 2.84. The minimum atomic E-state index is -0.627. The third-order valence-electron chi connectivity index (χ3n) is 6.33. The molecule has 172 valence electrons. The Labute approximate surface area is 190 Å². The fourth-order valence-corrected chi connectivity index (χ4v) is 4.46. The van der Waals surface area contributed by atoms with Crippen LogP contribution in [-0.4, -0.2) is 48.8 Å². The Morgan fingerprint density at radius 2 is 2.06 bits per heavy atom. The number of benzene rings is 1. The molecule has 7 nitrogen and oxygen atoms in total. The molecule has 1 aromatic heterocycles. The SMILES string of the molecule is COc1ccc(C2(C)CN(C(=O)NCc3ccccn3)CCO2)cc1OC1CCCCC1. The number of nitrogens with zero attached hydrogens (tertiary/aromatic N) is 2. The van der Waals surface area contributed by atoms with E-state index in [0.717, 1.165) is 35.6 Å². The van der Waals surface area contributed by atoms with Crippen molar-refractivity contribution in [3.05, 3.63) is 53.9 Å². The highest BCUT2D eigenvalue weighted by Gasteiger charge is 2.36. The lowest BCUT2D eigenvalue weighted by molar-refractivity contribution is -0.0908. The lowest BCUT2D eigenvalue weighted by Gasteiger charge is -2.41. The van der Waals surface area contributed by atoms with Gasteiger partial charge in [-0.05, 0) is 62.4 Å². The van der Waals surface area contributed by atoms with E-state index in [1.165, 1.54) is 19.3 Å². The second-order valence-electron chi connectivity index (χ2n) is 8.72. The number of rotatable bonds is 6. The molecule has 0 bridgehead atoms. The van der Waals surface area contributed by atoms with E-state index in [0.29, 0.717) is 26.2 Å². The number of ether oxygens (including phenoxy) is 3. The maximum Gasteiger partial charge on any atom is 0.317 e. The summed E-state index contributed by atoms with van der Waals surface area (Å²) in [6.07, 6.45) is 7.79. The molecule has 2 fully saturated rings. The van der Waals surface area contributed by atoms with E-state index >= 15 is 0 Å². The number of urea groups is 1. The number of nitrogens with one attached hydrogen (secondary N) is 1. The van der Waals surface area contributed by atoms with Gasteiger partial charge < -0.3 is 24.4 Å². The second kappa shape index (κ2) is 10.2. The zero-order valence-corrected chi connectivity index (χ0v) is 19.0. The molecule has 0 spiro atoms. The molecule has 0 radical (unpaired) electrons. The zero-order valence-electron chi connectivity index (χ0n) is 19.0. The Morgan fingerprint density at radius 1 is 1.22 bits per heavy atom. The summed E-state index contributed by atoms with van der Waals surface area (Å²) in [5.74, 6) is 1.47. The van der Waals surface area contributed by atoms with Crippen LogP contribution >= 0.6 is 0 Å². The van der Waals surface area contributed by atoms with Crippen molar-refractivity contribution in [2.75, 3.05) is 26.8 Å². The van der Waals surface area contributed by atoms with Crippen LogP contribution < -0.4 is 14.8 Å². The van der Waals surface area contributed by atoms with Gasteiger partial charge >= 0.3 is 6.03 Å². The summed E-state index contributed by atoms with van der Waals surface area (Å²) in [6.45, 7) is 3.90. The molecule has 4 rings (SSSR count). The molecule has 1 aliphatic carbocycles. The van der Waals surface area contributed by atoms with Gasteiger partial charge in [-0.15, -0.1) is 0 Å². The molecular formula is C25H33N3O4. The quantitative estimate of drug-likeness (QED) is 0.728. The van der Waals surface area contributed by atoms with Gasteiger partial charge in [-0.25, -0.2) is 4.79 Å². The Morgan fingerprint density at radius 3 is 2.81 bits per heavy atom. The Bertz CT molecular complexity index is 901. The van der Waals surface area contributed by atoms with Crippen LogP contribution in [0, 0.1) is 0 Å². The molecule has 2 heterocycles. The summed E-state index contributed by atoms with van der Waals surface area (Å²) in [7, 11) is 1.66. The number of carbonyl (C=O) groups is 1. The number of hydrogen-bond donors (Lipinski definition) is 1. The smallest absolute Gasteiger partial charge is 0.317 e. The lowest BCUT2D eigenvalue weighted by Crippen LogP contribution is -2.53. The number of morpholine rings is 1. The van der Waals surface area contributed by atoms with Crippen molar-refractivity contribution in [3.8, 4) is 11.5 Å². The van der Waals surface area contributed by atoms with E-state index in [4.69, 9.17) is 14.2 Å². The molecular weight excluding hydrogens is 406 g/mol. The number of amides is 2. The van der Waals surface area contributed by atoms with Gasteiger partial charge in [0.15, 0.2) is 11.5 Å². The number of methoxy groups -OCH3 is 1. The maximum atomic E-state index is 12.8. The molecule has 1 saturated carbocycles. The highest BCUT2D eigenvalue weighted by atomic mass is 16.5. The highest BCUT2D eigenvalue weighted by Crippen LogP contribution is 2.37. The van der Waals surface area contributed by atoms with Crippen LogP contribution in [0.15, 0.2) is 42.6 Å². The molecule has 1 atom stereocenters. The van der Waals surface area contributed by atoms with Crippen LogP contribution in [0.25, 0.3) is 0 Å². The van der Waals surface area contributed by atoms with Crippen LogP contribution in [0.5, 0.6) is 11.5 Å². The molecule has 1 N–H and O–H groups in total. The highest BCUT2D eigenvalue weighted by molar-refractivity contribution is 5.74. The zero-order chi connectivity index (χ0) is 22.4. The van der Waals surface area contributed by atoms with E-state index < -0.39 is 5.60 Å².